The van der Waals surface area contributed by atoms with E-state index in [0.717, 1.165) is 30.1 Å². The van der Waals surface area contributed by atoms with Crippen molar-refractivity contribution in [2.24, 2.45) is 13.0 Å². The SMILES string of the molecule is COc1ccc2c(c1)nc(CCC1CCNC1)n2C. The third-order valence-corrected chi connectivity index (χ3v) is 4.12. The number of nitrogens with one attached hydrogen (secondary N) is 1. The molecule has 0 saturated carbocycles. The lowest BCUT2D eigenvalue weighted by Crippen LogP contribution is -2.10. The normalized spacial score (nSPS) is 19.2. The Labute approximate surface area is 113 Å². The van der Waals surface area contributed by atoms with E-state index >= 15 is 0 Å². The fourth-order valence-corrected chi connectivity index (χ4v) is 2.87. The molecule has 3 rings (SSSR count). The van der Waals surface area contributed by atoms with Crippen LogP contribution in [0.25, 0.3) is 11.0 Å². The van der Waals surface area contributed by atoms with Crippen molar-refractivity contribution >= 4 is 11.0 Å². The quantitative estimate of drug-likeness (QED) is 0.914. The van der Waals surface area contributed by atoms with Crippen LogP contribution >= 0.6 is 0 Å². The number of hydrogen-bond acceptors (Lipinski definition) is 3. The van der Waals surface area contributed by atoms with E-state index in [9.17, 15) is 0 Å². The van der Waals surface area contributed by atoms with Crippen LogP contribution in [0.1, 0.15) is 18.7 Å². The first-order valence-corrected chi connectivity index (χ1v) is 6.98. The summed E-state index contributed by atoms with van der Waals surface area (Å²) in [5.74, 6) is 2.86. The number of ether oxygens (including phenoxy) is 1. The number of hydrogen-bond donors (Lipinski definition) is 1. The van der Waals surface area contributed by atoms with E-state index in [1.54, 1.807) is 7.11 Å². The van der Waals surface area contributed by atoms with Crippen LogP contribution in [0.4, 0.5) is 0 Å². The van der Waals surface area contributed by atoms with Gasteiger partial charge in [0, 0.05) is 19.5 Å². The molecule has 0 bridgehead atoms. The molecule has 102 valence electrons. The molecule has 0 radical (unpaired) electrons. The van der Waals surface area contributed by atoms with E-state index in [4.69, 9.17) is 9.72 Å². The van der Waals surface area contributed by atoms with Crippen molar-refractivity contribution < 1.29 is 4.74 Å². The topological polar surface area (TPSA) is 39.1 Å². The summed E-state index contributed by atoms with van der Waals surface area (Å²) in [5.41, 5.74) is 2.21. The Hall–Kier alpha value is -1.55. The monoisotopic (exact) mass is 259 g/mol. The fraction of sp³-hybridized carbons (Fsp3) is 0.533. The maximum absolute atomic E-state index is 5.26. The Bertz CT molecular complexity index is 570. The van der Waals surface area contributed by atoms with Crippen molar-refractivity contribution in [3.8, 4) is 5.75 Å². The molecule has 0 amide bonds. The molecule has 19 heavy (non-hydrogen) atoms. The Morgan fingerprint density at radius 2 is 2.37 bits per heavy atom. The molecule has 1 fully saturated rings. The highest BCUT2D eigenvalue weighted by atomic mass is 16.5. The number of aryl methyl sites for hydroxylation is 2. The van der Waals surface area contributed by atoms with Gasteiger partial charge in [-0.25, -0.2) is 4.98 Å². The van der Waals surface area contributed by atoms with E-state index in [1.165, 1.54) is 30.7 Å². The van der Waals surface area contributed by atoms with Crippen LogP contribution in [0.5, 0.6) is 5.75 Å². The summed E-state index contributed by atoms with van der Waals surface area (Å²) in [4.78, 5) is 4.74. The molecule has 1 aliphatic heterocycles. The lowest BCUT2D eigenvalue weighted by molar-refractivity contribution is 0.415. The van der Waals surface area contributed by atoms with E-state index in [0.29, 0.717) is 0 Å². The third-order valence-electron chi connectivity index (χ3n) is 4.12. The van der Waals surface area contributed by atoms with Crippen molar-refractivity contribution in [2.45, 2.75) is 19.3 Å². The second-order valence-corrected chi connectivity index (χ2v) is 5.34. The minimum atomic E-state index is 0.814. The molecular weight excluding hydrogens is 238 g/mol. The smallest absolute Gasteiger partial charge is 0.121 e. The molecule has 1 aliphatic rings. The number of methoxy groups -OCH3 is 1. The van der Waals surface area contributed by atoms with Gasteiger partial charge in [0.15, 0.2) is 0 Å². The predicted octanol–water partition coefficient (Wildman–Crippen LogP) is 2.12. The molecule has 1 unspecified atom stereocenters. The maximum Gasteiger partial charge on any atom is 0.121 e. The summed E-state index contributed by atoms with van der Waals surface area (Å²) in [6.45, 7) is 2.34. The van der Waals surface area contributed by atoms with Gasteiger partial charge in [-0.1, -0.05) is 0 Å². The fourth-order valence-electron chi connectivity index (χ4n) is 2.87. The highest BCUT2D eigenvalue weighted by Crippen LogP contribution is 2.22. The molecule has 1 saturated heterocycles. The van der Waals surface area contributed by atoms with Gasteiger partial charge < -0.3 is 14.6 Å². The highest BCUT2D eigenvalue weighted by Gasteiger charge is 2.16. The van der Waals surface area contributed by atoms with Crippen LogP contribution < -0.4 is 10.1 Å². The van der Waals surface area contributed by atoms with E-state index in [2.05, 4.69) is 23.0 Å². The molecule has 1 atom stereocenters. The van der Waals surface area contributed by atoms with Gasteiger partial charge in [0.2, 0.25) is 0 Å². The molecular formula is C15H21N3O. The van der Waals surface area contributed by atoms with Gasteiger partial charge >= 0.3 is 0 Å². The van der Waals surface area contributed by atoms with Gasteiger partial charge in [-0.15, -0.1) is 0 Å². The Morgan fingerprint density at radius 3 is 3.11 bits per heavy atom. The predicted molar refractivity (Wildman–Crippen MR) is 76.6 cm³/mol. The zero-order valence-corrected chi connectivity index (χ0v) is 11.6. The molecule has 1 aromatic carbocycles. The first-order valence-electron chi connectivity index (χ1n) is 6.98. The molecule has 1 aromatic heterocycles. The molecule has 2 heterocycles. The highest BCUT2D eigenvalue weighted by molar-refractivity contribution is 5.77. The number of benzene rings is 1. The van der Waals surface area contributed by atoms with Crippen LogP contribution in [-0.4, -0.2) is 29.8 Å². The van der Waals surface area contributed by atoms with Crippen LogP contribution in [0.15, 0.2) is 18.2 Å². The molecule has 2 aromatic rings. The van der Waals surface area contributed by atoms with Crippen molar-refractivity contribution in [3.05, 3.63) is 24.0 Å². The van der Waals surface area contributed by atoms with E-state index in [1.807, 2.05) is 12.1 Å². The van der Waals surface area contributed by atoms with Gasteiger partial charge in [0.05, 0.1) is 18.1 Å². The maximum atomic E-state index is 5.26. The summed E-state index contributed by atoms with van der Waals surface area (Å²) < 4.78 is 7.46. The Morgan fingerprint density at radius 1 is 1.47 bits per heavy atom. The lowest BCUT2D eigenvalue weighted by atomic mass is 10.0. The minimum Gasteiger partial charge on any atom is -0.497 e. The lowest BCUT2D eigenvalue weighted by Gasteiger charge is -2.07. The Balaban J connectivity index is 1.80. The summed E-state index contributed by atoms with van der Waals surface area (Å²) in [7, 11) is 3.79. The van der Waals surface area contributed by atoms with Crippen molar-refractivity contribution in [1.82, 2.24) is 14.9 Å². The van der Waals surface area contributed by atoms with Crippen LogP contribution in [0.3, 0.4) is 0 Å². The second-order valence-electron chi connectivity index (χ2n) is 5.34. The van der Waals surface area contributed by atoms with E-state index in [-0.39, 0.29) is 0 Å². The minimum absolute atomic E-state index is 0.814. The molecule has 0 aliphatic carbocycles. The number of aromatic nitrogens is 2. The average Bonchev–Trinajstić information content (AvgIpc) is 3.04. The molecule has 0 spiro atoms. The Kier molecular flexibility index (Phi) is 3.42. The number of nitrogens with zero attached hydrogens (tertiary/aromatic N) is 2. The third kappa shape index (κ3) is 2.45. The number of fused-ring (bicyclic) bond motifs is 1. The summed E-state index contributed by atoms with van der Waals surface area (Å²) in [6.07, 6.45) is 3.58. The van der Waals surface area contributed by atoms with Crippen LogP contribution in [-0.2, 0) is 13.5 Å². The zero-order valence-electron chi connectivity index (χ0n) is 11.6. The zero-order chi connectivity index (χ0) is 13.2. The van der Waals surface area contributed by atoms with Crippen LogP contribution in [0, 0.1) is 5.92 Å². The van der Waals surface area contributed by atoms with Crippen LogP contribution in [0.2, 0.25) is 0 Å². The van der Waals surface area contributed by atoms with Gasteiger partial charge in [-0.2, -0.15) is 0 Å². The van der Waals surface area contributed by atoms with Gasteiger partial charge in [0.1, 0.15) is 11.6 Å². The van der Waals surface area contributed by atoms with Crippen molar-refractivity contribution in [3.63, 3.8) is 0 Å². The van der Waals surface area contributed by atoms with Gasteiger partial charge in [-0.3, -0.25) is 0 Å². The first-order chi connectivity index (χ1) is 9.28. The van der Waals surface area contributed by atoms with Crippen molar-refractivity contribution in [2.75, 3.05) is 20.2 Å². The van der Waals surface area contributed by atoms with Gasteiger partial charge in [0.25, 0.3) is 0 Å². The molecule has 4 heteroatoms. The average molecular weight is 259 g/mol. The van der Waals surface area contributed by atoms with E-state index < -0.39 is 0 Å². The first kappa shape index (κ1) is 12.5. The van der Waals surface area contributed by atoms with Crippen molar-refractivity contribution in [1.29, 1.82) is 0 Å². The summed E-state index contributed by atoms with van der Waals surface area (Å²) in [5, 5.41) is 3.42. The summed E-state index contributed by atoms with van der Waals surface area (Å²) >= 11 is 0. The number of imidazole rings is 1. The standard InChI is InChI=1S/C15H21N3O/c1-18-14-5-4-12(19-2)9-13(14)17-15(18)6-3-11-7-8-16-10-11/h4-5,9,11,16H,3,6-8,10H2,1-2H3. The number of rotatable bonds is 4. The molecule has 1 N–H and O–H groups in total. The molecule has 4 nitrogen and oxygen atoms in total. The summed E-state index contributed by atoms with van der Waals surface area (Å²) in [6, 6.07) is 6.09. The van der Waals surface area contributed by atoms with Gasteiger partial charge in [-0.05, 0) is 44.0 Å². The largest absolute Gasteiger partial charge is 0.497 e. The second kappa shape index (κ2) is 5.21.